The standard InChI is InChI=1S/C19H20N4O2/c1-12-8-15(25-13(12)2)10-23-7-5-16-17(11-23)21-18(22-19(16)24)14-4-3-6-20-9-14/h3-4,6,8-9H,5,7,10-11H2,1-2H3,(H,21,22,24). The topological polar surface area (TPSA) is 75.0 Å². The van der Waals surface area contributed by atoms with E-state index in [0.717, 1.165) is 41.4 Å². The molecule has 0 atom stereocenters. The quantitative estimate of drug-likeness (QED) is 0.796. The molecular weight excluding hydrogens is 316 g/mol. The zero-order valence-electron chi connectivity index (χ0n) is 14.4. The van der Waals surface area contributed by atoms with Crippen LogP contribution in [0.3, 0.4) is 0 Å². The number of fused-ring (bicyclic) bond motifs is 1. The maximum absolute atomic E-state index is 12.4. The highest BCUT2D eigenvalue weighted by Crippen LogP contribution is 2.21. The number of rotatable bonds is 3. The molecule has 0 spiro atoms. The fraction of sp³-hybridized carbons (Fsp3) is 0.316. The van der Waals surface area contributed by atoms with Crippen LogP contribution in [0.1, 0.15) is 28.3 Å². The molecule has 1 aliphatic rings. The van der Waals surface area contributed by atoms with E-state index in [2.05, 4.69) is 27.9 Å². The van der Waals surface area contributed by atoms with Crippen molar-refractivity contribution >= 4 is 0 Å². The van der Waals surface area contributed by atoms with E-state index in [0.29, 0.717) is 18.8 Å². The smallest absolute Gasteiger partial charge is 0.254 e. The minimum absolute atomic E-state index is 0.0480. The maximum Gasteiger partial charge on any atom is 0.254 e. The van der Waals surface area contributed by atoms with Crippen molar-refractivity contribution in [2.45, 2.75) is 33.4 Å². The second-order valence-corrected chi connectivity index (χ2v) is 6.49. The fourth-order valence-corrected chi connectivity index (χ4v) is 3.22. The van der Waals surface area contributed by atoms with E-state index in [-0.39, 0.29) is 5.56 Å². The summed E-state index contributed by atoms with van der Waals surface area (Å²) in [5.74, 6) is 2.49. The summed E-state index contributed by atoms with van der Waals surface area (Å²) in [6.07, 6.45) is 4.11. The Morgan fingerprint density at radius 3 is 2.96 bits per heavy atom. The third kappa shape index (κ3) is 3.13. The third-order valence-corrected chi connectivity index (χ3v) is 4.68. The van der Waals surface area contributed by atoms with Crippen LogP contribution in [0, 0.1) is 13.8 Å². The second-order valence-electron chi connectivity index (χ2n) is 6.49. The molecule has 128 valence electrons. The van der Waals surface area contributed by atoms with Crippen molar-refractivity contribution in [1.29, 1.82) is 0 Å². The van der Waals surface area contributed by atoms with Gasteiger partial charge in [-0.2, -0.15) is 0 Å². The Hall–Kier alpha value is -2.73. The van der Waals surface area contributed by atoms with Crippen molar-refractivity contribution < 1.29 is 4.42 Å². The summed E-state index contributed by atoms with van der Waals surface area (Å²) in [4.78, 5) is 26.4. The van der Waals surface area contributed by atoms with Gasteiger partial charge in [0.05, 0.1) is 12.2 Å². The molecule has 0 unspecified atom stereocenters. The summed E-state index contributed by atoms with van der Waals surface area (Å²) in [5, 5.41) is 0. The van der Waals surface area contributed by atoms with Crippen LogP contribution in [-0.2, 0) is 19.5 Å². The molecule has 0 saturated heterocycles. The van der Waals surface area contributed by atoms with Crippen molar-refractivity contribution in [3.8, 4) is 11.4 Å². The van der Waals surface area contributed by atoms with Crippen molar-refractivity contribution in [3.63, 3.8) is 0 Å². The van der Waals surface area contributed by atoms with Crippen LogP contribution in [-0.4, -0.2) is 26.4 Å². The lowest BCUT2D eigenvalue weighted by molar-refractivity contribution is 0.220. The predicted molar refractivity (Wildman–Crippen MR) is 94.1 cm³/mol. The van der Waals surface area contributed by atoms with Crippen LogP contribution < -0.4 is 5.56 Å². The molecule has 1 aliphatic heterocycles. The third-order valence-electron chi connectivity index (χ3n) is 4.68. The van der Waals surface area contributed by atoms with E-state index < -0.39 is 0 Å². The second kappa shape index (κ2) is 6.29. The Labute approximate surface area is 145 Å². The van der Waals surface area contributed by atoms with Gasteiger partial charge in [0, 0.05) is 36.6 Å². The molecular formula is C19H20N4O2. The number of hydrogen-bond donors (Lipinski definition) is 1. The number of nitrogens with one attached hydrogen (secondary N) is 1. The molecule has 0 saturated carbocycles. The van der Waals surface area contributed by atoms with Gasteiger partial charge in [0.2, 0.25) is 0 Å². The lowest BCUT2D eigenvalue weighted by Gasteiger charge is -2.26. The van der Waals surface area contributed by atoms with Crippen LogP contribution in [0.2, 0.25) is 0 Å². The minimum Gasteiger partial charge on any atom is -0.465 e. The average molecular weight is 336 g/mol. The Morgan fingerprint density at radius 2 is 2.24 bits per heavy atom. The minimum atomic E-state index is -0.0480. The van der Waals surface area contributed by atoms with Gasteiger partial charge >= 0.3 is 0 Å². The van der Waals surface area contributed by atoms with Gasteiger partial charge in [-0.15, -0.1) is 0 Å². The van der Waals surface area contributed by atoms with Gasteiger partial charge < -0.3 is 9.40 Å². The van der Waals surface area contributed by atoms with Gasteiger partial charge in [-0.1, -0.05) is 0 Å². The van der Waals surface area contributed by atoms with E-state index in [1.807, 2.05) is 19.1 Å². The first kappa shape index (κ1) is 15.8. The highest BCUT2D eigenvalue weighted by atomic mass is 16.3. The number of aromatic nitrogens is 3. The summed E-state index contributed by atoms with van der Waals surface area (Å²) in [7, 11) is 0. The molecule has 0 fully saturated rings. The summed E-state index contributed by atoms with van der Waals surface area (Å²) in [6.45, 7) is 6.22. The molecule has 6 heteroatoms. The Balaban J connectivity index is 1.61. The molecule has 0 aromatic carbocycles. The van der Waals surface area contributed by atoms with Crippen LogP contribution in [0.4, 0.5) is 0 Å². The lowest BCUT2D eigenvalue weighted by Crippen LogP contribution is -2.35. The molecule has 25 heavy (non-hydrogen) atoms. The summed E-state index contributed by atoms with van der Waals surface area (Å²) < 4.78 is 5.78. The lowest BCUT2D eigenvalue weighted by atomic mass is 10.1. The number of aryl methyl sites for hydroxylation is 2. The monoisotopic (exact) mass is 336 g/mol. The van der Waals surface area contributed by atoms with Gasteiger partial charge in [-0.25, -0.2) is 4.98 Å². The van der Waals surface area contributed by atoms with Gasteiger partial charge in [-0.3, -0.25) is 14.7 Å². The molecule has 3 aromatic rings. The van der Waals surface area contributed by atoms with E-state index in [4.69, 9.17) is 9.40 Å². The molecule has 0 bridgehead atoms. The number of pyridine rings is 1. The molecule has 0 aliphatic carbocycles. The largest absolute Gasteiger partial charge is 0.465 e. The predicted octanol–water partition coefficient (Wildman–Crippen LogP) is 2.60. The average Bonchev–Trinajstić information content (AvgIpc) is 2.92. The van der Waals surface area contributed by atoms with Crippen LogP contribution in [0.25, 0.3) is 11.4 Å². The molecule has 3 aromatic heterocycles. The van der Waals surface area contributed by atoms with Crippen LogP contribution in [0.5, 0.6) is 0 Å². The van der Waals surface area contributed by atoms with Gasteiger partial charge in [-0.05, 0) is 44.0 Å². The number of aromatic amines is 1. The molecule has 4 rings (SSSR count). The number of nitrogens with zero attached hydrogens (tertiary/aromatic N) is 3. The van der Waals surface area contributed by atoms with E-state index in [1.54, 1.807) is 12.4 Å². The maximum atomic E-state index is 12.4. The Bertz CT molecular complexity index is 940. The van der Waals surface area contributed by atoms with Gasteiger partial charge in [0.25, 0.3) is 5.56 Å². The molecule has 6 nitrogen and oxygen atoms in total. The van der Waals surface area contributed by atoms with Crippen molar-refractivity contribution in [3.05, 3.63) is 69.3 Å². The highest BCUT2D eigenvalue weighted by Gasteiger charge is 2.22. The normalized spacial score (nSPS) is 14.5. The Morgan fingerprint density at radius 1 is 1.36 bits per heavy atom. The zero-order valence-corrected chi connectivity index (χ0v) is 14.4. The van der Waals surface area contributed by atoms with E-state index >= 15 is 0 Å². The van der Waals surface area contributed by atoms with Crippen molar-refractivity contribution in [2.24, 2.45) is 0 Å². The zero-order chi connectivity index (χ0) is 17.4. The Kier molecular flexibility index (Phi) is 3.97. The summed E-state index contributed by atoms with van der Waals surface area (Å²) in [6, 6.07) is 5.81. The first-order valence-corrected chi connectivity index (χ1v) is 8.41. The molecule has 1 N–H and O–H groups in total. The summed E-state index contributed by atoms with van der Waals surface area (Å²) in [5.41, 5.74) is 3.57. The first-order chi connectivity index (χ1) is 12.1. The van der Waals surface area contributed by atoms with Crippen molar-refractivity contribution in [2.75, 3.05) is 6.54 Å². The number of furan rings is 1. The van der Waals surface area contributed by atoms with Crippen LogP contribution >= 0.6 is 0 Å². The van der Waals surface area contributed by atoms with E-state index in [9.17, 15) is 4.79 Å². The van der Waals surface area contributed by atoms with Crippen molar-refractivity contribution in [1.82, 2.24) is 19.9 Å². The number of hydrogen-bond acceptors (Lipinski definition) is 5. The SMILES string of the molecule is Cc1cc(CN2CCc3c(nc(-c4cccnc4)[nH]c3=O)C2)oc1C. The number of H-pyrrole nitrogens is 1. The first-order valence-electron chi connectivity index (χ1n) is 8.41. The van der Waals surface area contributed by atoms with Gasteiger partial charge in [0.15, 0.2) is 0 Å². The van der Waals surface area contributed by atoms with Gasteiger partial charge in [0.1, 0.15) is 17.3 Å². The molecule has 0 radical (unpaired) electrons. The molecule has 4 heterocycles. The fourth-order valence-electron chi connectivity index (χ4n) is 3.22. The summed E-state index contributed by atoms with van der Waals surface area (Å²) >= 11 is 0. The van der Waals surface area contributed by atoms with E-state index in [1.165, 1.54) is 5.56 Å². The molecule has 0 amide bonds. The highest BCUT2D eigenvalue weighted by molar-refractivity contribution is 5.53. The van der Waals surface area contributed by atoms with Crippen LogP contribution in [0.15, 0.2) is 39.8 Å².